The van der Waals surface area contributed by atoms with E-state index in [9.17, 15) is 9.18 Å². The molecule has 0 saturated carbocycles. The molecule has 3 aromatic carbocycles. The molecule has 0 amide bonds. The first-order valence-electron chi connectivity index (χ1n) is 8.69. The van der Waals surface area contributed by atoms with Crippen LogP contribution < -0.4 is 9.47 Å². The predicted molar refractivity (Wildman–Crippen MR) is 116 cm³/mol. The van der Waals surface area contributed by atoms with Crippen LogP contribution in [0.4, 0.5) is 4.39 Å². The molecule has 0 atom stereocenters. The number of allylic oxidation sites excluding steroid dienone is 1. The molecule has 0 fully saturated rings. The Balaban J connectivity index is 1.74. The lowest BCUT2D eigenvalue weighted by Gasteiger charge is -2.11. The highest BCUT2D eigenvalue weighted by molar-refractivity contribution is 9.10. The second-order valence-corrected chi connectivity index (χ2v) is 7.46. The highest BCUT2D eigenvalue weighted by Gasteiger charge is 2.07. The van der Waals surface area contributed by atoms with Gasteiger partial charge in [0.05, 0.1) is 12.1 Å². The molecule has 3 rings (SSSR count). The van der Waals surface area contributed by atoms with Crippen molar-refractivity contribution in [3.8, 4) is 11.5 Å². The zero-order valence-corrected chi connectivity index (χ0v) is 17.8. The molecule has 29 heavy (non-hydrogen) atoms. The minimum absolute atomic E-state index is 0.00222. The maximum Gasteiger partial charge on any atom is 0.185 e. The van der Waals surface area contributed by atoms with E-state index in [2.05, 4.69) is 15.9 Å². The van der Waals surface area contributed by atoms with Gasteiger partial charge in [-0.05, 0) is 60.2 Å². The van der Waals surface area contributed by atoms with E-state index in [1.54, 1.807) is 31.4 Å². The Labute approximate surface area is 181 Å². The first-order chi connectivity index (χ1) is 14.0. The third-order valence-electron chi connectivity index (χ3n) is 4.15. The van der Waals surface area contributed by atoms with Crippen molar-refractivity contribution in [3.63, 3.8) is 0 Å². The monoisotopic (exact) mass is 474 g/mol. The van der Waals surface area contributed by atoms with Crippen molar-refractivity contribution in [1.82, 2.24) is 0 Å². The van der Waals surface area contributed by atoms with Gasteiger partial charge in [-0.3, -0.25) is 4.79 Å². The molecule has 0 aliphatic heterocycles. The second-order valence-electron chi connectivity index (χ2n) is 6.14. The average Bonchev–Trinajstić information content (AvgIpc) is 2.73. The van der Waals surface area contributed by atoms with E-state index >= 15 is 0 Å². The maximum absolute atomic E-state index is 13.3. The molecule has 0 heterocycles. The summed E-state index contributed by atoms with van der Waals surface area (Å²) in [6, 6.07) is 16.9. The summed E-state index contributed by atoms with van der Waals surface area (Å²) in [5.74, 6) is 0.505. The van der Waals surface area contributed by atoms with Gasteiger partial charge in [0.1, 0.15) is 23.9 Å². The number of hydrogen-bond donors (Lipinski definition) is 0. The van der Waals surface area contributed by atoms with E-state index in [1.165, 1.54) is 24.3 Å². The molecular weight excluding hydrogens is 459 g/mol. The van der Waals surface area contributed by atoms with Gasteiger partial charge in [0.25, 0.3) is 0 Å². The fraction of sp³-hybridized carbons (Fsp3) is 0.0870. The zero-order valence-electron chi connectivity index (χ0n) is 15.5. The van der Waals surface area contributed by atoms with Crippen LogP contribution in [-0.2, 0) is 6.61 Å². The molecule has 0 spiro atoms. The standard InChI is InChI=1S/C23H17BrClFO3/c1-28-23-11-3-15(2-10-22(27)16-4-6-18(24)7-5-16)12-17(23)14-29-19-8-9-21(26)20(25)13-19/h2-13H,14H2,1H3/b10-2+. The van der Waals surface area contributed by atoms with Crippen molar-refractivity contribution >= 4 is 39.4 Å². The molecule has 3 nitrogen and oxygen atoms in total. The summed E-state index contributed by atoms with van der Waals surface area (Å²) in [4.78, 5) is 12.3. The Bertz CT molecular complexity index is 1050. The van der Waals surface area contributed by atoms with E-state index in [0.717, 1.165) is 15.6 Å². The Morgan fingerprint density at radius 3 is 2.55 bits per heavy atom. The molecule has 0 saturated heterocycles. The molecule has 0 N–H and O–H groups in total. The fourth-order valence-electron chi connectivity index (χ4n) is 2.62. The van der Waals surface area contributed by atoms with Gasteiger partial charge >= 0.3 is 0 Å². The molecule has 148 valence electrons. The lowest BCUT2D eigenvalue weighted by atomic mass is 10.1. The molecule has 0 bridgehead atoms. The first-order valence-corrected chi connectivity index (χ1v) is 9.86. The Morgan fingerprint density at radius 1 is 1.10 bits per heavy atom. The molecule has 6 heteroatoms. The second kappa shape index (κ2) is 9.72. The zero-order chi connectivity index (χ0) is 20.8. The van der Waals surface area contributed by atoms with Crippen molar-refractivity contribution < 1.29 is 18.7 Å². The van der Waals surface area contributed by atoms with Gasteiger partial charge in [0.15, 0.2) is 5.78 Å². The fourth-order valence-corrected chi connectivity index (χ4v) is 3.06. The molecule has 0 aliphatic carbocycles. The molecule has 0 aromatic heterocycles. The molecular formula is C23H17BrClFO3. The third-order valence-corrected chi connectivity index (χ3v) is 4.96. The SMILES string of the molecule is COc1ccc(/C=C/C(=O)c2ccc(Br)cc2)cc1COc1ccc(F)c(Cl)c1. The molecule has 0 aliphatic rings. The number of benzene rings is 3. The van der Waals surface area contributed by atoms with Crippen LogP contribution in [0.25, 0.3) is 6.08 Å². The Morgan fingerprint density at radius 2 is 1.86 bits per heavy atom. The lowest BCUT2D eigenvalue weighted by molar-refractivity contribution is 0.104. The van der Waals surface area contributed by atoms with Gasteiger partial charge in [-0.25, -0.2) is 4.39 Å². The minimum Gasteiger partial charge on any atom is -0.496 e. The number of rotatable bonds is 7. The molecule has 0 unspecified atom stereocenters. The number of carbonyl (C=O) groups excluding carboxylic acids is 1. The number of hydrogen-bond acceptors (Lipinski definition) is 3. The summed E-state index contributed by atoms with van der Waals surface area (Å²) in [6.45, 7) is 0.202. The number of carbonyl (C=O) groups is 1. The summed E-state index contributed by atoms with van der Waals surface area (Å²) >= 11 is 9.14. The van der Waals surface area contributed by atoms with Gasteiger partial charge in [-0.1, -0.05) is 39.7 Å². The number of ketones is 1. The summed E-state index contributed by atoms with van der Waals surface area (Å²) in [7, 11) is 1.57. The summed E-state index contributed by atoms with van der Waals surface area (Å²) in [6.07, 6.45) is 3.26. The van der Waals surface area contributed by atoms with Crippen LogP contribution in [0.1, 0.15) is 21.5 Å². The van der Waals surface area contributed by atoms with Crippen LogP contribution in [0.5, 0.6) is 11.5 Å². The van der Waals surface area contributed by atoms with Gasteiger partial charge in [-0.2, -0.15) is 0 Å². The topological polar surface area (TPSA) is 35.5 Å². The highest BCUT2D eigenvalue weighted by Crippen LogP contribution is 2.25. The molecule has 3 aromatic rings. The third kappa shape index (κ3) is 5.68. The number of halogens is 3. The first kappa shape index (κ1) is 21.1. The van der Waals surface area contributed by atoms with Gasteiger partial charge in [0, 0.05) is 21.7 Å². The Hall–Kier alpha value is -2.63. The smallest absolute Gasteiger partial charge is 0.185 e. The van der Waals surface area contributed by atoms with Crippen molar-refractivity contribution in [2.24, 2.45) is 0 Å². The van der Waals surface area contributed by atoms with Crippen LogP contribution in [-0.4, -0.2) is 12.9 Å². The predicted octanol–water partition coefficient (Wildman–Crippen LogP) is 6.73. The van der Waals surface area contributed by atoms with E-state index in [0.29, 0.717) is 17.1 Å². The van der Waals surface area contributed by atoms with Crippen LogP contribution in [0.3, 0.4) is 0 Å². The van der Waals surface area contributed by atoms with E-state index in [4.69, 9.17) is 21.1 Å². The number of ether oxygens (including phenoxy) is 2. The quantitative estimate of drug-likeness (QED) is 0.281. The van der Waals surface area contributed by atoms with Crippen molar-refractivity contribution in [2.75, 3.05) is 7.11 Å². The van der Waals surface area contributed by atoms with Crippen LogP contribution in [0, 0.1) is 5.82 Å². The van der Waals surface area contributed by atoms with Crippen LogP contribution >= 0.6 is 27.5 Å². The highest BCUT2D eigenvalue weighted by atomic mass is 79.9. The largest absolute Gasteiger partial charge is 0.496 e. The van der Waals surface area contributed by atoms with Crippen LogP contribution in [0.15, 0.2) is 71.2 Å². The van der Waals surface area contributed by atoms with E-state index in [1.807, 2.05) is 24.3 Å². The average molecular weight is 476 g/mol. The maximum atomic E-state index is 13.3. The minimum atomic E-state index is -0.501. The normalized spacial score (nSPS) is 10.9. The molecule has 0 radical (unpaired) electrons. The van der Waals surface area contributed by atoms with E-state index < -0.39 is 5.82 Å². The Kier molecular flexibility index (Phi) is 7.07. The van der Waals surface area contributed by atoms with Crippen molar-refractivity contribution in [3.05, 3.63) is 98.7 Å². The number of methoxy groups -OCH3 is 1. The summed E-state index contributed by atoms with van der Waals surface area (Å²) < 4.78 is 25.3. The summed E-state index contributed by atoms with van der Waals surface area (Å²) in [5, 5.41) is -0.00222. The summed E-state index contributed by atoms with van der Waals surface area (Å²) in [5.41, 5.74) is 2.22. The van der Waals surface area contributed by atoms with Crippen molar-refractivity contribution in [2.45, 2.75) is 6.61 Å². The van der Waals surface area contributed by atoms with Crippen LogP contribution in [0.2, 0.25) is 5.02 Å². The lowest BCUT2D eigenvalue weighted by Crippen LogP contribution is -2.00. The van der Waals surface area contributed by atoms with Crippen molar-refractivity contribution in [1.29, 1.82) is 0 Å². The van der Waals surface area contributed by atoms with Gasteiger partial charge in [0.2, 0.25) is 0 Å². The van der Waals surface area contributed by atoms with E-state index in [-0.39, 0.29) is 17.4 Å². The van der Waals surface area contributed by atoms with Gasteiger partial charge in [-0.15, -0.1) is 0 Å². The van der Waals surface area contributed by atoms with Gasteiger partial charge < -0.3 is 9.47 Å².